The van der Waals surface area contributed by atoms with Gasteiger partial charge in [0.15, 0.2) is 0 Å². The first-order valence-corrected chi connectivity index (χ1v) is 1.39. The van der Waals surface area contributed by atoms with Crippen LogP contribution in [-0.4, -0.2) is 0 Å². The van der Waals surface area contributed by atoms with Gasteiger partial charge in [0, 0.05) is 0 Å². The van der Waals surface area contributed by atoms with E-state index in [1.165, 1.54) is 0 Å². The summed E-state index contributed by atoms with van der Waals surface area (Å²) in [6, 6.07) is 0. The van der Waals surface area contributed by atoms with Crippen LogP contribution >= 0.6 is 0 Å². The molecule has 26 valence electrons. The molecule has 0 aliphatic heterocycles. The first-order valence-electron chi connectivity index (χ1n) is 0.463. The largest absolute Gasteiger partial charge is 1.00 e. The van der Waals surface area contributed by atoms with Gasteiger partial charge in [-0.2, -0.15) is 0 Å². The third-order valence-electron chi connectivity index (χ3n) is 0. The molecular formula is ClO3Rb. The summed E-state index contributed by atoms with van der Waals surface area (Å²) in [5, 5.41) is 0. The molecule has 0 saturated heterocycles. The molecule has 0 fully saturated rings. The molecule has 3 nitrogen and oxygen atoms in total. The fourth-order valence-electron chi connectivity index (χ4n) is 0. The van der Waals surface area contributed by atoms with E-state index in [2.05, 4.69) is 0 Å². The van der Waals surface area contributed by atoms with Gasteiger partial charge in [0.2, 0.25) is 0 Å². The Balaban J connectivity index is 0. The van der Waals surface area contributed by atoms with Crippen LogP contribution in [0.3, 0.4) is 0 Å². The van der Waals surface area contributed by atoms with Crippen LogP contribution in [0.4, 0.5) is 0 Å². The van der Waals surface area contributed by atoms with E-state index in [0.717, 1.165) is 0 Å². The third kappa shape index (κ3) is 24.2. The van der Waals surface area contributed by atoms with E-state index in [1.54, 1.807) is 0 Å². The van der Waals surface area contributed by atoms with Gasteiger partial charge in [0.1, 0.15) is 0 Å². The molecule has 5 heteroatoms. The number of hydrogen-bond acceptors (Lipinski definition) is 3. The summed E-state index contributed by atoms with van der Waals surface area (Å²) in [6.07, 6.45) is 0. The molecule has 0 bridgehead atoms. The van der Waals surface area contributed by atoms with Gasteiger partial charge >= 0.3 is 58.2 Å². The molecule has 0 atom stereocenters. The van der Waals surface area contributed by atoms with Gasteiger partial charge in [-0.3, -0.25) is 0 Å². The Hall–Kier alpha value is 1.98. The predicted octanol–water partition coefficient (Wildman–Crippen LogP) is -6.56. The number of halogens is 1. The molecule has 0 saturated carbocycles. The standard InChI is InChI=1S/ClO3.Rb/c2-1(3)4;/q-1;+1. The van der Waals surface area contributed by atoms with Crippen molar-refractivity contribution in [2.75, 3.05) is 0 Å². The van der Waals surface area contributed by atoms with Crippen LogP contribution in [0.2, 0.25) is 0 Å². The Kier molecular flexibility index (Phi) is 12.0. The molecule has 0 aliphatic rings. The quantitative estimate of drug-likeness (QED) is 0.362. The molecule has 0 aromatic rings. The second-order valence-corrected chi connectivity index (χ2v) is 0.567. The summed E-state index contributed by atoms with van der Waals surface area (Å²) in [5.74, 6) is 0. The van der Waals surface area contributed by atoms with Crippen molar-refractivity contribution >= 4 is 0 Å². The van der Waals surface area contributed by atoms with Crippen molar-refractivity contribution in [1.29, 1.82) is 0 Å². The monoisotopic (exact) mass is 168 g/mol. The summed E-state index contributed by atoms with van der Waals surface area (Å²) in [6.45, 7) is 0. The summed E-state index contributed by atoms with van der Waals surface area (Å²) in [7, 11) is -2.85. The van der Waals surface area contributed by atoms with E-state index in [4.69, 9.17) is 14.0 Å². The fourth-order valence-corrected chi connectivity index (χ4v) is 0. The van der Waals surface area contributed by atoms with Crippen LogP contribution in [0.15, 0.2) is 0 Å². The second-order valence-electron chi connectivity index (χ2n) is 0.189. The molecule has 0 aromatic carbocycles. The maximum absolute atomic E-state index is 8.41. The molecular weight excluding hydrogens is 169 g/mol. The van der Waals surface area contributed by atoms with Crippen molar-refractivity contribution in [2.45, 2.75) is 0 Å². The molecule has 0 aromatic heterocycles. The third-order valence-corrected chi connectivity index (χ3v) is 0. The Morgan fingerprint density at radius 1 is 1.00 bits per heavy atom. The predicted molar refractivity (Wildman–Crippen MR) is 0 cm³/mol. The first-order chi connectivity index (χ1) is 1.73. The Labute approximate surface area is 81.2 Å². The number of hydrogen-bond donors (Lipinski definition) is 0. The Morgan fingerprint density at radius 3 is 1.00 bits per heavy atom. The van der Waals surface area contributed by atoms with Crippen LogP contribution in [0.5, 0.6) is 0 Å². The maximum Gasteiger partial charge on any atom is 1.00 e. The molecule has 0 N–H and O–H groups in total. The van der Waals surface area contributed by atoms with Gasteiger partial charge in [-0.1, -0.05) is 0 Å². The summed E-state index contributed by atoms with van der Waals surface area (Å²) in [4.78, 5) is 0. The second kappa shape index (κ2) is 5.98. The van der Waals surface area contributed by atoms with Crippen LogP contribution in [0.25, 0.3) is 0 Å². The molecule has 0 amide bonds. The van der Waals surface area contributed by atoms with Crippen molar-refractivity contribution in [1.82, 2.24) is 0 Å². The van der Waals surface area contributed by atoms with E-state index < -0.39 is 10.8 Å². The number of rotatable bonds is 0. The van der Waals surface area contributed by atoms with E-state index >= 15 is 0 Å². The van der Waals surface area contributed by atoms with E-state index in [9.17, 15) is 0 Å². The van der Waals surface area contributed by atoms with Crippen LogP contribution in [-0.2, 0) is 0 Å². The van der Waals surface area contributed by atoms with Gasteiger partial charge in [-0.15, -0.1) is 0 Å². The zero-order chi connectivity index (χ0) is 3.58. The molecule has 0 radical (unpaired) electrons. The van der Waals surface area contributed by atoms with E-state index in [-0.39, 0.29) is 58.2 Å². The molecule has 0 unspecified atom stereocenters. The first kappa shape index (κ1) is 10.1. The van der Waals surface area contributed by atoms with E-state index in [1.807, 2.05) is 0 Å². The topological polar surface area (TPSA) is 69.2 Å². The van der Waals surface area contributed by atoms with Crippen molar-refractivity contribution in [2.24, 2.45) is 0 Å². The molecule has 0 heterocycles. The average Bonchev–Trinajstić information content (AvgIpc) is 0.811. The van der Waals surface area contributed by atoms with Crippen molar-refractivity contribution in [3.63, 3.8) is 0 Å². The molecule has 5 heavy (non-hydrogen) atoms. The SMILES string of the molecule is [O-][Cl+2]([O-])[O-].[Rb+]. The van der Waals surface area contributed by atoms with Gasteiger partial charge in [-0.05, 0) is 0 Å². The van der Waals surface area contributed by atoms with Crippen molar-refractivity contribution < 1.29 is 82.9 Å². The van der Waals surface area contributed by atoms with Gasteiger partial charge in [0.25, 0.3) is 0 Å². The molecule has 0 spiro atoms. The smallest absolute Gasteiger partial charge is 0.357 e. The normalized spacial score (nSPS) is 7.20. The maximum atomic E-state index is 8.41. The van der Waals surface area contributed by atoms with Crippen LogP contribution in [0, 0.1) is 10.8 Å². The summed E-state index contributed by atoms with van der Waals surface area (Å²) in [5.41, 5.74) is 0. The minimum absolute atomic E-state index is 0. The Morgan fingerprint density at radius 2 is 1.00 bits per heavy atom. The summed E-state index contributed by atoms with van der Waals surface area (Å²) < 4.78 is 25.2. The minimum Gasteiger partial charge on any atom is -0.357 e. The zero-order valence-electron chi connectivity index (χ0n) is 2.60. The minimum atomic E-state index is -2.85. The average molecular weight is 169 g/mol. The van der Waals surface area contributed by atoms with Crippen LogP contribution < -0.4 is 72.2 Å². The molecule has 0 rings (SSSR count). The van der Waals surface area contributed by atoms with E-state index in [0.29, 0.717) is 0 Å². The van der Waals surface area contributed by atoms with Gasteiger partial charge in [0.05, 0.1) is 10.8 Å². The fraction of sp³-hybridized carbons (Fsp3) is 0. The molecule has 0 aliphatic carbocycles. The summed E-state index contributed by atoms with van der Waals surface area (Å²) >= 11 is 0. The zero-order valence-corrected chi connectivity index (χ0v) is 8.27. The van der Waals surface area contributed by atoms with Gasteiger partial charge in [-0.25, -0.2) is 0 Å². The van der Waals surface area contributed by atoms with Crippen LogP contribution in [0.1, 0.15) is 0 Å². The van der Waals surface area contributed by atoms with Crippen molar-refractivity contribution in [3.05, 3.63) is 0 Å². The van der Waals surface area contributed by atoms with Crippen molar-refractivity contribution in [3.8, 4) is 0 Å². The van der Waals surface area contributed by atoms with Gasteiger partial charge < -0.3 is 14.0 Å². The Bertz CT molecular complexity index is 11.6.